The summed E-state index contributed by atoms with van der Waals surface area (Å²) in [6.45, 7) is 0. The summed E-state index contributed by atoms with van der Waals surface area (Å²) < 4.78 is 1.53. The van der Waals surface area contributed by atoms with Gasteiger partial charge in [-0.1, -0.05) is 30.3 Å². The lowest BCUT2D eigenvalue weighted by atomic mass is 10.3. The van der Waals surface area contributed by atoms with Crippen molar-refractivity contribution >= 4 is 34.4 Å². The number of halogens is 1. The van der Waals surface area contributed by atoms with Crippen LogP contribution in [0.2, 0.25) is 0 Å². The molecule has 0 atom stereocenters. The van der Waals surface area contributed by atoms with E-state index in [0.29, 0.717) is 5.95 Å². The standard InChI is InChI=1S/C13H10ClN3/c14-17-12-9-5-4-8-11(12)16-13(17)15-10-6-2-1-3-7-10/h1-9H,(H,15,16). The molecule has 17 heavy (non-hydrogen) atoms. The highest BCUT2D eigenvalue weighted by molar-refractivity contribution is 6.20. The first-order chi connectivity index (χ1) is 8.34. The lowest BCUT2D eigenvalue weighted by Crippen LogP contribution is -1.95. The van der Waals surface area contributed by atoms with Gasteiger partial charge in [0, 0.05) is 17.5 Å². The Kier molecular flexibility index (Phi) is 2.46. The molecule has 0 unspecified atom stereocenters. The van der Waals surface area contributed by atoms with Crippen molar-refractivity contribution in [1.29, 1.82) is 0 Å². The van der Waals surface area contributed by atoms with E-state index in [1.165, 1.54) is 4.09 Å². The molecule has 0 saturated carbocycles. The topological polar surface area (TPSA) is 29.9 Å². The van der Waals surface area contributed by atoms with Crippen LogP contribution in [-0.2, 0) is 0 Å². The maximum absolute atomic E-state index is 6.20. The number of hydrogen-bond donors (Lipinski definition) is 1. The molecule has 0 aliphatic heterocycles. The average Bonchev–Trinajstić information content (AvgIpc) is 2.68. The third-order valence-corrected chi connectivity index (χ3v) is 2.88. The Hall–Kier alpha value is -2.00. The van der Waals surface area contributed by atoms with Crippen LogP contribution in [0.15, 0.2) is 54.6 Å². The van der Waals surface area contributed by atoms with Crippen molar-refractivity contribution < 1.29 is 0 Å². The molecular weight excluding hydrogens is 234 g/mol. The molecule has 0 saturated heterocycles. The minimum atomic E-state index is 0.624. The summed E-state index contributed by atoms with van der Waals surface area (Å²) in [5.41, 5.74) is 2.73. The summed E-state index contributed by atoms with van der Waals surface area (Å²) in [6, 6.07) is 17.6. The van der Waals surface area contributed by atoms with Crippen molar-refractivity contribution in [1.82, 2.24) is 9.07 Å². The molecule has 3 aromatic rings. The number of rotatable bonds is 2. The van der Waals surface area contributed by atoms with Gasteiger partial charge in [0.25, 0.3) is 0 Å². The van der Waals surface area contributed by atoms with Gasteiger partial charge < -0.3 is 5.32 Å². The molecule has 1 heterocycles. The second-order valence-corrected chi connectivity index (χ2v) is 4.03. The van der Waals surface area contributed by atoms with Crippen LogP contribution in [0.25, 0.3) is 11.0 Å². The van der Waals surface area contributed by atoms with Gasteiger partial charge in [-0.15, -0.1) is 0 Å². The number of hydrogen-bond acceptors (Lipinski definition) is 2. The number of para-hydroxylation sites is 3. The van der Waals surface area contributed by atoms with Crippen LogP contribution >= 0.6 is 11.8 Å². The number of benzene rings is 2. The third-order valence-electron chi connectivity index (χ3n) is 2.54. The van der Waals surface area contributed by atoms with Crippen LogP contribution < -0.4 is 5.32 Å². The van der Waals surface area contributed by atoms with Gasteiger partial charge in [-0.25, -0.2) is 9.07 Å². The molecule has 0 bridgehead atoms. The second kappa shape index (κ2) is 4.11. The molecule has 84 valence electrons. The Balaban J connectivity index is 2.04. The Bertz CT molecular complexity index is 646. The van der Waals surface area contributed by atoms with E-state index in [4.69, 9.17) is 11.8 Å². The van der Waals surface area contributed by atoms with Crippen LogP contribution in [0.4, 0.5) is 11.6 Å². The lowest BCUT2D eigenvalue weighted by molar-refractivity contribution is 1.23. The highest BCUT2D eigenvalue weighted by Crippen LogP contribution is 2.23. The van der Waals surface area contributed by atoms with Gasteiger partial charge >= 0.3 is 0 Å². The summed E-state index contributed by atoms with van der Waals surface area (Å²) in [5, 5.41) is 3.18. The zero-order valence-electron chi connectivity index (χ0n) is 8.97. The molecule has 0 aliphatic carbocycles. The minimum Gasteiger partial charge on any atom is -0.325 e. The number of nitrogens with zero attached hydrogens (tertiary/aromatic N) is 2. The van der Waals surface area contributed by atoms with Crippen LogP contribution in [0.3, 0.4) is 0 Å². The van der Waals surface area contributed by atoms with Crippen molar-refractivity contribution in [3.8, 4) is 0 Å². The third kappa shape index (κ3) is 1.85. The number of anilines is 2. The molecule has 3 nitrogen and oxygen atoms in total. The molecule has 0 spiro atoms. The highest BCUT2D eigenvalue weighted by atomic mass is 35.5. The quantitative estimate of drug-likeness (QED) is 0.742. The molecule has 0 amide bonds. The van der Waals surface area contributed by atoms with Gasteiger partial charge in [0.15, 0.2) is 0 Å². The van der Waals surface area contributed by atoms with Gasteiger partial charge in [-0.3, -0.25) is 0 Å². The SMILES string of the molecule is Cln1c(Nc2ccccc2)nc2ccccc21. The lowest BCUT2D eigenvalue weighted by Gasteiger charge is -2.03. The predicted molar refractivity (Wildman–Crippen MR) is 70.7 cm³/mol. The summed E-state index contributed by atoms with van der Waals surface area (Å²) in [4.78, 5) is 4.43. The van der Waals surface area contributed by atoms with E-state index < -0.39 is 0 Å². The first kappa shape index (κ1) is 10.2. The molecule has 3 rings (SSSR count). The number of aromatic nitrogens is 2. The molecule has 4 heteroatoms. The zero-order chi connectivity index (χ0) is 11.7. The Morgan fingerprint density at radius 2 is 1.65 bits per heavy atom. The average molecular weight is 244 g/mol. The summed E-state index contributed by atoms with van der Waals surface area (Å²) in [6.07, 6.45) is 0. The first-order valence-electron chi connectivity index (χ1n) is 5.30. The predicted octanol–water partition coefficient (Wildman–Crippen LogP) is 3.78. The fraction of sp³-hybridized carbons (Fsp3) is 0. The van der Waals surface area contributed by atoms with Gasteiger partial charge in [0.1, 0.15) is 0 Å². The largest absolute Gasteiger partial charge is 0.325 e. The highest BCUT2D eigenvalue weighted by Gasteiger charge is 2.08. The van der Waals surface area contributed by atoms with Gasteiger partial charge in [-0.05, 0) is 24.3 Å². The fourth-order valence-electron chi connectivity index (χ4n) is 1.72. The number of imidazole rings is 1. The van der Waals surface area contributed by atoms with E-state index in [2.05, 4.69) is 10.3 Å². The number of fused-ring (bicyclic) bond motifs is 1. The second-order valence-electron chi connectivity index (χ2n) is 3.70. The normalized spacial score (nSPS) is 10.6. The Morgan fingerprint density at radius 3 is 2.41 bits per heavy atom. The van der Waals surface area contributed by atoms with E-state index in [9.17, 15) is 0 Å². The molecule has 1 N–H and O–H groups in total. The fourth-order valence-corrected chi connectivity index (χ4v) is 1.95. The maximum Gasteiger partial charge on any atom is 0.223 e. The van der Waals surface area contributed by atoms with Crippen LogP contribution in [0.5, 0.6) is 0 Å². The van der Waals surface area contributed by atoms with E-state index in [1.54, 1.807) is 0 Å². The molecule has 0 fully saturated rings. The molecule has 2 aromatic carbocycles. The monoisotopic (exact) mass is 243 g/mol. The van der Waals surface area contributed by atoms with Crippen LogP contribution in [0.1, 0.15) is 0 Å². The Labute approximate surface area is 104 Å². The van der Waals surface area contributed by atoms with Crippen molar-refractivity contribution in [2.75, 3.05) is 5.32 Å². The van der Waals surface area contributed by atoms with Crippen LogP contribution in [-0.4, -0.2) is 9.07 Å². The van der Waals surface area contributed by atoms with Gasteiger partial charge in [0.2, 0.25) is 5.95 Å². The minimum absolute atomic E-state index is 0.624. The summed E-state index contributed by atoms with van der Waals surface area (Å²) in [5.74, 6) is 0.624. The van der Waals surface area contributed by atoms with Gasteiger partial charge in [-0.2, -0.15) is 0 Å². The van der Waals surface area contributed by atoms with Crippen molar-refractivity contribution in [3.63, 3.8) is 0 Å². The van der Waals surface area contributed by atoms with Gasteiger partial charge in [0.05, 0.1) is 11.0 Å². The Morgan fingerprint density at radius 1 is 0.941 bits per heavy atom. The number of nitrogens with one attached hydrogen (secondary N) is 1. The van der Waals surface area contributed by atoms with Crippen LogP contribution in [0, 0.1) is 0 Å². The summed E-state index contributed by atoms with van der Waals surface area (Å²) in [7, 11) is 0. The summed E-state index contributed by atoms with van der Waals surface area (Å²) >= 11 is 6.20. The zero-order valence-corrected chi connectivity index (χ0v) is 9.72. The van der Waals surface area contributed by atoms with Crippen molar-refractivity contribution in [2.45, 2.75) is 0 Å². The van der Waals surface area contributed by atoms with E-state index >= 15 is 0 Å². The molecule has 0 radical (unpaired) electrons. The molecule has 1 aromatic heterocycles. The smallest absolute Gasteiger partial charge is 0.223 e. The first-order valence-corrected chi connectivity index (χ1v) is 5.64. The molecule has 0 aliphatic rings. The van der Waals surface area contributed by atoms with Crippen molar-refractivity contribution in [2.24, 2.45) is 0 Å². The molecular formula is C13H10ClN3. The van der Waals surface area contributed by atoms with E-state index in [-0.39, 0.29) is 0 Å². The van der Waals surface area contributed by atoms with Crippen molar-refractivity contribution in [3.05, 3.63) is 54.6 Å². The van der Waals surface area contributed by atoms with E-state index in [0.717, 1.165) is 16.7 Å². The maximum atomic E-state index is 6.20. The van der Waals surface area contributed by atoms with E-state index in [1.807, 2.05) is 54.6 Å².